The van der Waals surface area contributed by atoms with Crippen molar-refractivity contribution >= 4 is 5.97 Å². The van der Waals surface area contributed by atoms with Gasteiger partial charge in [0.15, 0.2) is 0 Å². The van der Waals surface area contributed by atoms with Crippen LogP contribution in [0.2, 0.25) is 0 Å². The van der Waals surface area contributed by atoms with E-state index in [1.165, 1.54) is 7.11 Å². The fourth-order valence-electron chi connectivity index (χ4n) is 1.03. The van der Waals surface area contributed by atoms with Crippen molar-refractivity contribution < 1.29 is 14.6 Å². The summed E-state index contributed by atoms with van der Waals surface area (Å²) in [4.78, 5) is 11.1. The first-order valence-corrected chi connectivity index (χ1v) is 5.02. The highest BCUT2D eigenvalue weighted by Crippen LogP contribution is 2.04. The second-order valence-corrected chi connectivity index (χ2v) is 3.57. The van der Waals surface area contributed by atoms with Gasteiger partial charge >= 0.3 is 5.97 Å². The fraction of sp³-hybridized carbons (Fsp3) is 0.900. The molecule has 0 aliphatic heterocycles. The van der Waals surface area contributed by atoms with Gasteiger partial charge in [-0.1, -0.05) is 13.8 Å². The van der Waals surface area contributed by atoms with Gasteiger partial charge in [0.25, 0.3) is 0 Å². The molecule has 0 aliphatic rings. The molecule has 2 N–H and O–H groups in total. The van der Waals surface area contributed by atoms with Crippen molar-refractivity contribution in [2.24, 2.45) is 5.92 Å². The third-order valence-corrected chi connectivity index (χ3v) is 2.47. The summed E-state index contributed by atoms with van der Waals surface area (Å²) in [6, 6.07) is 0.0173. The Labute approximate surface area is 85.6 Å². The molecular formula is C10H21NO3. The largest absolute Gasteiger partial charge is 0.469 e. The SMILES string of the molecule is CCC(O)CNC(C)C(C)C(=O)OC. The van der Waals surface area contributed by atoms with E-state index in [9.17, 15) is 9.90 Å². The second kappa shape index (κ2) is 6.79. The predicted octanol–water partition coefficient (Wildman–Crippen LogP) is 0.544. The highest BCUT2D eigenvalue weighted by Gasteiger charge is 2.20. The first-order chi connectivity index (χ1) is 6.52. The molecule has 14 heavy (non-hydrogen) atoms. The van der Waals surface area contributed by atoms with Crippen LogP contribution in [-0.2, 0) is 9.53 Å². The maximum atomic E-state index is 11.1. The molecule has 0 aliphatic carbocycles. The van der Waals surface area contributed by atoms with Crippen LogP contribution in [-0.4, -0.2) is 36.9 Å². The Balaban J connectivity index is 3.83. The maximum Gasteiger partial charge on any atom is 0.309 e. The molecular weight excluding hydrogens is 182 g/mol. The van der Waals surface area contributed by atoms with Gasteiger partial charge in [-0.05, 0) is 13.3 Å². The molecule has 0 aromatic heterocycles. The number of carbonyl (C=O) groups excluding carboxylic acids is 1. The molecule has 0 aromatic carbocycles. The smallest absolute Gasteiger partial charge is 0.309 e. The molecule has 0 amide bonds. The number of nitrogens with one attached hydrogen (secondary N) is 1. The van der Waals surface area contributed by atoms with Crippen molar-refractivity contribution in [3.8, 4) is 0 Å². The zero-order chi connectivity index (χ0) is 11.1. The topological polar surface area (TPSA) is 58.6 Å². The van der Waals surface area contributed by atoms with E-state index in [1.807, 2.05) is 20.8 Å². The number of hydrogen-bond acceptors (Lipinski definition) is 4. The summed E-state index contributed by atoms with van der Waals surface area (Å²) >= 11 is 0. The van der Waals surface area contributed by atoms with Crippen molar-refractivity contribution in [2.45, 2.75) is 39.3 Å². The van der Waals surface area contributed by atoms with Crippen LogP contribution < -0.4 is 5.32 Å². The molecule has 0 saturated heterocycles. The van der Waals surface area contributed by atoms with Crippen LogP contribution in [0.3, 0.4) is 0 Å². The van der Waals surface area contributed by atoms with Crippen LogP contribution in [0, 0.1) is 5.92 Å². The van der Waals surface area contributed by atoms with Crippen LogP contribution >= 0.6 is 0 Å². The standard InChI is InChI=1S/C10H21NO3/c1-5-9(12)6-11-8(3)7(2)10(13)14-4/h7-9,11-12H,5-6H2,1-4H3. The van der Waals surface area contributed by atoms with Gasteiger partial charge in [0.2, 0.25) is 0 Å². The Bertz CT molecular complexity index is 173. The molecule has 0 radical (unpaired) electrons. The molecule has 0 spiro atoms. The lowest BCUT2D eigenvalue weighted by Crippen LogP contribution is -2.40. The zero-order valence-electron chi connectivity index (χ0n) is 9.41. The van der Waals surface area contributed by atoms with Crippen LogP contribution in [0.1, 0.15) is 27.2 Å². The first-order valence-electron chi connectivity index (χ1n) is 5.02. The van der Waals surface area contributed by atoms with Crippen LogP contribution in [0.4, 0.5) is 0 Å². The molecule has 84 valence electrons. The summed E-state index contributed by atoms with van der Waals surface area (Å²) in [5, 5.41) is 12.4. The Hall–Kier alpha value is -0.610. The van der Waals surface area contributed by atoms with Crippen LogP contribution in [0.25, 0.3) is 0 Å². The van der Waals surface area contributed by atoms with E-state index in [0.717, 1.165) is 0 Å². The number of carbonyl (C=O) groups is 1. The van der Waals surface area contributed by atoms with Gasteiger partial charge < -0.3 is 15.2 Å². The van der Waals surface area contributed by atoms with E-state index in [1.54, 1.807) is 0 Å². The molecule has 0 heterocycles. The molecule has 0 fully saturated rings. The number of methoxy groups -OCH3 is 1. The van der Waals surface area contributed by atoms with Crippen LogP contribution in [0.5, 0.6) is 0 Å². The summed E-state index contributed by atoms with van der Waals surface area (Å²) < 4.78 is 4.62. The van der Waals surface area contributed by atoms with Gasteiger partial charge in [0.05, 0.1) is 19.1 Å². The Morgan fingerprint density at radius 1 is 1.50 bits per heavy atom. The lowest BCUT2D eigenvalue weighted by Gasteiger charge is -2.20. The van der Waals surface area contributed by atoms with Gasteiger partial charge in [-0.2, -0.15) is 0 Å². The monoisotopic (exact) mass is 203 g/mol. The number of hydrogen-bond donors (Lipinski definition) is 2. The van der Waals surface area contributed by atoms with Crippen molar-refractivity contribution in [3.05, 3.63) is 0 Å². The van der Waals surface area contributed by atoms with Crippen LogP contribution in [0.15, 0.2) is 0 Å². The Morgan fingerprint density at radius 3 is 2.50 bits per heavy atom. The Morgan fingerprint density at radius 2 is 2.07 bits per heavy atom. The molecule has 0 bridgehead atoms. The Kier molecular flexibility index (Phi) is 6.49. The van der Waals surface area contributed by atoms with E-state index in [0.29, 0.717) is 13.0 Å². The molecule has 3 atom stereocenters. The van der Waals surface area contributed by atoms with E-state index in [4.69, 9.17) is 0 Å². The quantitative estimate of drug-likeness (QED) is 0.619. The lowest BCUT2D eigenvalue weighted by atomic mass is 10.0. The molecule has 0 saturated carbocycles. The summed E-state index contributed by atoms with van der Waals surface area (Å²) in [6.07, 6.45) is 0.370. The third kappa shape index (κ3) is 4.58. The van der Waals surface area contributed by atoms with Crippen molar-refractivity contribution in [3.63, 3.8) is 0 Å². The van der Waals surface area contributed by atoms with Crippen molar-refractivity contribution in [2.75, 3.05) is 13.7 Å². The maximum absolute atomic E-state index is 11.1. The molecule has 3 unspecified atom stereocenters. The van der Waals surface area contributed by atoms with Gasteiger partial charge in [0.1, 0.15) is 0 Å². The van der Waals surface area contributed by atoms with Gasteiger partial charge in [-0.15, -0.1) is 0 Å². The lowest BCUT2D eigenvalue weighted by molar-refractivity contribution is -0.145. The van der Waals surface area contributed by atoms with Gasteiger partial charge in [-0.25, -0.2) is 0 Å². The molecule has 0 aromatic rings. The second-order valence-electron chi connectivity index (χ2n) is 3.57. The number of ether oxygens (including phenoxy) is 1. The fourth-order valence-corrected chi connectivity index (χ4v) is 1.03. The minimum absolute atomic E-state index is 0.0173. The number of esters is 1. The van der Waals surface area contributed by atoms with Crippen molar-refractivity contribution in [1.29, 1.82) is 0 Å². The average molecular weight is 203 g/mol. The van der Waals surface area contributed by atoms with E-state index in [-0.39, 0.29) is 24.0 Å². The highest BCUT2D eigenvalue weighted by molar-refractivity contribution is 5.72. The first kappa shape index (κ1) is 13.4. The average Bonchev–Trinajstić information content (AvgIpc) is 2.22. The van der Waals surface area contributed by atoms with E-state index in [2.05, 4.69) is 10.1 Å². The predicted molar refractivity (Wildman–Crippen MR) is 54.9 cm³/mol. The van der Waals surface area contributed by atoms with Gasteiger partial charge in [0, 0.05) is 12.6 Å². The number of aliphatic hydroxyl groups is 1. The molecule has 4 heteroatoms. The van der Waals surface area contributed by atoms with E-state index < -0.39 is 0 Å². The molecule has 4 nitrogen and oxygen atoms in total. The summed E-state index contributed by atoms with van der Waals surface area (Å²) in [5.74, 6) is -0.417. The zero-order valence-corrected chi connectivity index (χ0v) is 9.41. The minimum atomic E-state index is -0.345. The molecule has 0 rings (SSSR count). The highest BCUT2D eigenvalue weighted by atomic mass is 16.5. The number of aliphatic hydroxyl groups excluding tert-OH is 1. The summed E-state index contributed by atoms with van der Waals surface area (Å²) in [6.45, 7) is 6.14. The summed E-state index contributed by atoms with van der Waals surface area (Å²) in [5.41, 5.74) is 0. The summed E-state index contributed by atoms with van der Waals surface area (Å²) in [7, 11) is 1.38. The van der Waals surface area contributed by atoms with Crippen molar-refractivity contribution in [1.82, 2.24) is 5.32 Å². The normalized spacial score (nSPS) is 17.2. The van der Waals surface area contributed by atoms with Gasteiger partial charge in [-0.3, -0.25) is 4.79 Å². The number of rotatable bonds is 6. The third-order valence-electron chi connectivity index (χ3n) is 2.47. The minimum Gasteiger partial charge on any atom is -0.469 e. The van der Waals surface area contributed by atoms with E-state index >= 15 is 0 Å².